The lowest BCUT2D eigenvalue weighted by atomic mass is 10.3. The molecule has 100 valence electrons. The number of aromatic nitrogens is 2. The number of hydrogen-bond donors (Lipinski definition) is 2. The lowest BCUT2D eigenvalue weighted by molar-refractivity contribution is 0.601. The van der Waals surface area contributed by atoms with Crippen molar-refractivity contribution in [3.05, 3.63) is 42.0 Å². The molecule has 0 aliphatic heterocycles. The van der Waals surface area contributed by atoms with Crippen molar-refractivity contribution in [2.75, 3.05) is 10.5 Å². The monoisotopic (exact) mass is 278 g/mol. The van der Waals surface area contributed by atoms with Gasteiger partial charge in [0.25, 0.3) is 10.0 Å². The fourth-order valence-electron chi connectivity index (χ4n) is 1.57. The van der Waals surface area contributed by atoms with Crippen molar-refractivity contribution >= 4 is 21.4 Å². The van der Waals surface area contributed by atoms with Crippen molar-refractivity contribution < 1.29 is 8.42 Å². The number of nitrogens with zero attached hydrogens (tertiary/aromatic N) is 2. The molecule has 3 N–H and O–H groups in total. The van der Waals surface area contributed by atoms with Crippen molar-refractivity contribution in [2.24, 2.45) is 0 Å². The van der Waals surface area contributed by atoms with Gasteiger partial charge in [0, 0.05) is 5.69 Å². The average molecular weight is 278 g/mol. The van der Waals surface area contributed by atoms with Crippen LogP contribution < -0.4 is 10.5 Å². The normalized spacial score (nSPS) is 11.3. The lowest BCUT2D eigenvalue weighted by Gasteiger charge is -2.10. The van der Waals surface area contributed by atoms with Gasteiger partial charge in [-0.05, 0) is 32.0 Å². The molecule has 2 aromatic rings. The first-order valence-corrected chi connectivity index (χ1v) is 7.05. The Kier molecular flexibility index (Phi) is 3.39. The standard InChI is InChI=1S/C12H14N4O2S/c1-8-12(7-14-9(2)15-8)16-19(17,18)11-5-3-4-10(13)6-11/h3-7,16H,13H2,1-2H3. The van der Waals surface area contributed by atoms with Gasteiger partial charge in [0.15, 0.2) is 0 Å². The number of anilines is 2. The third kappa shape index (κ3) is 3.00. The Morgan fingerprint density at radius 2 is 2.00 bits per heavy atom. The number of hydrogen-bond acceptors (Lipinski definition) is 5. The SMILES string of the molecule is Cc1ncc(NS(=O)(=O)c2cccc(N)c2)c(C)n1. The molecule has 0 saturated heterocycles. The van der Waals surface area contributed by atoms with Gasteiger partial charge in [-0.1, -0.05) is 6.07 Å². The van der Waals surface area contributed by atoms with Crippen molar-refractivity contribution in [1.82, 2.24) is 9.97 Å². The quantitative estimate of drug-likeness (QED) is 0.829. The van der Waals surface area contributed by atoms with Crippen LogP contribution in [0, 0.1) is 13.8 Å². The second-order valence-corrected chi connectivity index (χ2v) is 5.78. The smallest absolute Gasteiger partial charge is 0.262 e. The third-order valence-corrected chi connectivity index (χ3v) is 3.88. The van der Waals surface area contributed by atoms with E-state index in [0.29, 0.717) is 22.9 Å². The molecule has 0 atom stereocenters. The molecule has 7 heteroatoms. The Bertz CT molecular complexity index is 713. The number of nitrogen functional groups attached to an aromatic ring is 1. The Morgan fingerprint density at radius 3 is 2.63 bits per heavy atom. The van der Waals surface area contributed by atoms with Crippen LogP contribution in [0.2, 0.25) is 0 Å². The van der Waals surface area contributed by atoms with Gasteiger partial charge in [0.2, 0.25) is 0 Å². The molecule has 0 bridgehead atoms. The number of nitrogens with one attached hydrogen (secondary N) is 1. The fraction of sp³-hybridized carbons (Fsp3) is 0.167. The summed E-state index contributed by atoms with van der Waals surface area (Å²) in [6.07, 6.45) is 1.45. The zero-order valence-electron chi connectivity index (χ0n) is 10.6. The second kappa shape index (κ2) is 4.85. The van der Waals surface area contributed by atoms with E-state index in [1.807, 2.05) is 0 Å². The summed E-state index contributed by atoms with van der Waals surface area (Å²) in [5.41, 5.74) is 6.89. The molecule has 0 aliphatic carbocycles. The summed E-state index contributed by atoms with van der Waals surface area (Å²) in [5, 5.41) is 0. The van der Waals surface area contributed by atoms with Crippen molar-refractivity contribution in [2.45, 2.75) is 18.7 Å². The summed E-state index contributed by atoms with van der Waals surface area (Å²) in [7, 11) is -3.68. The van der Waals surface area contributed by atoms with E-state index in [1.54, 1.807) is 26.0 Å². The van der Waals surface area contributed by atoms with Gasteiger partial charge in [0.1, 0.15) is 5.82 Å². The minimum absolute atomic E-state index is 0.104. The molecule has 1 aromatic carbocycles. The van der Waals surface area contributed by atoms with E-state index in [-0.39, 0.29) is 4.90 Å². The van der Waals surface area contributed by atoms with Gasteiger partial charge in [-0.15, -0.1) is 0 Å². The van der Waals surface area contributed by atoms with E-state index >= 15 is 0 Å². The Hall–Kier alpha value is -2.15. The van der Waals surface area contributed by atoms with E-state index in [1.165, 1.54) is 18.3 Å². The van der Waals surface area contributed by atoms with Gasteiger partial charge in [-0.2, -0.15) is 0 Å². The largest absolute Gasteiger partial charge is 0.399 e. The molecule has 2 rings (SSSR count). The van der Waals surface area contributed by atoms with Crippen LogP contribution in [0.15, 0.2) is 35.4 Å². The third-order valence-electron chi connectivity index (χ3n) is 2.51. The predicted molar refractivity (Wildman–Crippen MR) is 73.2 cm³/mol. The van der Waals surface area contributed by atoms with Crippen molar-refractivity contribution in [3.8, 4) is 0 Å². The molecule has 19 heavy (non-hydrogen) atoms. The molecule has 0 fully saturated rings. The summed E-state index contributed by atoms with van der Waals surface area (Å²) in [5.74, 6) is 0.587. The van der Waals surface area contributed by atoms with Crippen LogP contribution in [0.25, 0.3) is 0 Å². The first-order chi connectivity index (χ1) is 8.88. The molecule has 6 nitrogen and oxygen atoms in total. The summed E-state index contributed by atoms with van der Waals surface area (Å²) in [6, 6.07) is 6.08. The van der Waals surface area contributed by atoms with Crippen LogP contribution >= 0.6 is 0 Å². The molecule has 1 aromatic heterocycles. The summed E-state index contributed by atoms with van der Waals surface area (Å²) in [6.45, 7) is 3.45. The summed E-state index contributed by atoms with van der Waals surface area (Å²) in [4.78, 5) is 8.18. The summed E-state index contributed by atoms with van der Waals surface area (Å²) >= 11 is 0. The van der Waals surface area contributed by atoms with Crippen LogP contribution in [0.3, 0.4) is 0 Å². The predicted octanol–water partition coefficient (Wildman–Crippen LogP) is 1.48. The second-order valence-electron chi connectivity index (χ2n) is 4.09. The molecule has 0 spiro atoms. The van der Waals surface area contributed by atoms with Crippen LogP contribution in [0.5, 0.6) is 0 Å². The van der Waals surface area contributed by atoms with Crippen LogP contribution in [0.1, 0.15) is 11.5 Å². The number of aryl methyl sites for hydroxylation is 2. The first-order valence-electron chi connectivity index (χ1n) is 5.57. The van der Waals surface area contributed by atoms with Crippen LogP contribution in [-0.4, -0.2) is 18.4 Å². The maximum atomic E-state index is 12.2. The fourth-order valence-corrected chi connectivity index (χ4v) is 2.73. The van der Waals surface area contributed by atoms with Gasteiger partial charge in [-0.3, -0.25) is 4.72 Å². The zero-order valence-corrected chi connectivity index (χ0v) is 11.4. The highest BCUT2D eigenvalue weighted by Gasteiger charge is 2.16. The molecule has 0 saturated carbocycles. The molecule has 0 aliphatic rings. The van der Waals surface area contributed by atoms with E-state index < -0.39 is 10.0 Å². The zero-order chi connectivity index (χ0) is 14.0. The van der Waals surface area contributed by atoms with Crippen LogP contribution in [0.4, 0.5) is 11.4 Å². The van der Waals surface area contributed by atoms with E-state index in [4.69, 9.17) is 5.73 Å². The van der Waals surface area contributed by atoms with Gasteiger partial charge in [0.05, 0.1) is 22.5 Å². The minimum atomic E-state index is -3.68. The van der Waals surface area contributed by atoms with Crippen molar-refractivity contribution in [3.63, 3.8) is 0 Å². The van der Waals surface area contributed by atoms with Crippen molar-refractivity contribution in [1.29, 1.82) is 0 Å². The molecule has 0 unspecified atom stereocenters. The van der Waals surface area contributed by atoms with E-state index in [0.717, 1.165) is 0 Å². The van der Waals surface area contributed by atoms with E-state index in [2.05, 4.69) is 14.7 Å². The van der Waals surface area contributed by atoms with E-state index in [9.17, 15) is 8.42 Å². The molecular weight excluding hydrogens is 264 g/mol. The van der Waals surface area contributed by atoms with Gasteiger partial charge < -0.3 is 5.73 Å². The maximum Gasteiger partial charge on any atom is 0.262 e. The Balaban J connectivity index is 2.36. The van der Waals surface area contributed by atoms with Crippen LogP contribution in [-0.2, 0) is 10.0 Å². The van der Waals surface area contributed by atoms with Gasteiger partial charge >= 0.3 is 0 Å². The minimum Gasteiger partial charge on any atom is -0.399 e. The molecule has 0 amide bonds. The number of sulfonamides is 1. The Morgan fingerprint density at radius 1 is 1.26 bits per heavy atom. The first kappa shape index (κ1) is 13.3. The highest BCUT2D eigenvalue weighted by Crippen LogP contribution is 2.19. The topological polar surface area (TPSA) is 98.0 Å². The molecule has 1 heterocycles. The number of benzene rings is 1. The Labute approximate surface area is 111 Å². The number of rotatable bonds is 3. The number of nitrogens with two attached hydrogens (primary N) is 1. The maximum absolute atomic E-state index is 12.2. The molecule has 0 radical (unpaired) electrons. The highest BCUT2D eigenvalue weighted by molar-refractivity contribution is 7.92. The molecular formula is C12H14N4O2S. The lowest BCUT2D eigenvalue weighted by Crippen LogP contribution is -2.15. The highest BCUT2D eigenvalue weighted by atomic mass is 32.2. The van der Waals surface area contributed by atoms with Gasteiger partial charge in [-0.25, -0.2) is 18.4 Å². The summed E-state index contributed by atoms with van der Waals surface area (Å²) < 4.78 is 26.8. The average Bonchev–Trinajstić information content (AvgIpc) is 2.33.